The molecule has 21 heavy (non-hydrogen) atoms. The third-order valence-corrected chi connectivity index (χ3v) is 3.85. The maximum Gasteiger partial charge on any atom is 0.0465 e. The SMILES string of the molecule is c1ccc(-c2ccc(-c3cccc4ccccc34)[nH]2)cc1. The Hall–Kier alpha value is -2.80. The lowest BCUT2D eigenvalue weighted by molar-refractivity contribution is 1.40. The van der Waals surface area contributed by atoms with E-state index in [0.29, 0.717) is 0 Å². The molecule has 4 rings (SSSR count). The van der Waals surface area contributed by atoms with Crippen molar-refractivity contribution in [3.05, 3.63) is 84.9 Å². The van der Waals surface area contributed by atoms with Crippen molar-refractivity contribution in [3.63, 3.8) is 0 Å². The molecule has 1 aromatic heterocycles. The lowest BCUT2D eigenvalue weighted by Gasteiger charge is -2.05. The van der Waals surface area contributed by atoms with Crippen LogP contribution in [0.3, 0.4) is 0 Å². The van der Waals surface area contributed by atoms with E-state index < -0.39 is 0 Å². The van der Waals surface area contributed by atoms with Gasteiger partial charge in [0.15, 0.2) is 0 Å². The largest absolute Gasteiger partial charge is 0.355 e. The van der Waals surface area contributed by atoms with Gasteiger partial charge in [-0.15, -0.1) is 0 Å². The number of hydrogen-bond acceptors (Lipinski definition) is 0. The first-order chi connectivity index (χ1) is 10.4. The van der Waals surface area contributed by atoms with Crippen LogP contribution >= 0.6 is 0 Å². The third-order valence-electron chi connectivity index (χ3n) is 3.85. The van der Waals surface area contributed by atoms with Crippen LogP contribution in [0.5, 0.6) is 0 Å². The van der Waals surface area contributed by atoms with Crippen molar-refractivity contribution < 1.29 is 0 Å². The Morgan fingerprint density at radius 2 is 1.24 bits per heavy atom. The van der Waals surface area contributed by atoms with Gasteiger partial charge in [-0.3, -0.25) is 0 Å². The summed E-state index contributed by atoms with van der Waals surface area (Å²) in [5.74, 6) is 0. The number of aromatic nitrogens is 1. The summed E-state index contributed by atoms with van der Waals surface area (Å²) in [4.78, 5) is 3.54. The molecule has 100 valence electrons. The van der Waals surface area contributed by atoms with E-state index >= 15 is 0 Å². The summed E-state index contributed by atoms with van der Waals surface area (Å²) in [6.45, 7) is 0. The normalized spacial score (nSPS) is 10.9. The van der Waals surface area contributed by atoms with E-state index in [-0.39, 0.29) is 0 Å². The molecule has 1 N–H and O–H groups in total. The summed E-state index contributed by atoms with van der Waals surface area (Å²) in [7, 11) is 0. The van der Waals surface area contributed by atoms with Crippen LogP contribution in [0, 0.1) is 0 Å². The maximum atomic E-state index is 3.54. The number of aromatic amines is 1. The van der Waals surface area contributed by atoms with Crippen LogP contribution in [-0.4, -0.2) is 4.98 Å². The molecule has 0 fully saturated rings. The molecule has 0 unspecified atom stereocenters. The molecule has 1 heterocycles. The number of benzene rings is 3. The Kier molecular flexibility index (Phi) is 2.82. The van der Waals surface area contributed by atoms with Crippen molar-refractivity contribution in [1.82, 2.24) is 4.98 Å². The van der Waals surface area contributed by atoms with Gasteiger partial charge in [0.1, 0.15) is 0 Å². The Bertz CT molecular complexity index is 883. The first kappa shape index (κ1) is 12.0. The smallest absolute Gasteiger partial charge is 0.0465 e. The average molecular weight is 269 g/mol. The molecular weight excluding hydrogens is 254 g/mol. The van der Waals surface area contributed by atoms with Crippen LogP contribution < -0.4 is 0 Å². The fourth-order valence-corrected chi connectivity index (χ4v) is 2.80. The third kappa shape index (κ3) is 2.13. The Morgan fingerprint density at radius 3 is 2.14 bits per heavy atom. The van der Waals surface area contributed by atoms with Gasteiger partial charge in [0.25, 0.3) is 0 Å². The topological polar surface area (TPSA) is 15.8 Å². The van der Waals surface area contributed by atoms with Crippen LogP contribution in [0.25, 0.3) is 33.3 Å². The van der Waals surface area contributed by atoms with E-state index in [2.05, 4.69) is 83.8 Å². The molecule has 0 aliphatic heterocycles. The molecule has 0 saturated heterocycles. The zero-order valence-corrected chi connectivity index (χ0v) is 11.6. The summed E-state index contributed by atoms with van der Waals surface area (Å²) in [6, 6.07) is 29.6. The number of rotatable bonds is 2. The maximum absolute atomic E-state index is 3.54. The molecule has 4 aromatic rings. The lowest BCUT2D eigenvalue weighted by Crippen LogP contribution is -1.82. The molecule has 0 atom stereocenters. The Morgan fingerprint density at radius 1 is 0.524 bits per heavy atom. The minimum Gasteiger partial charge on any atom is -0.355 e. The molecule has 3 aromatic carbocycles. The van der Waals surface area contributed by atoms with Crippen LogP contribution in [0.1, 0.15) is 0 Å². The van der Waals surface area contributed by atoms with Crippen molar-refractivity contribution in [1.29, 1.82) is 0 Å². The highest BCUT2D eigenvalue weighted by atomic mass is 14.7. The second-order valence-corrected chi connectivity index (χ2v) is 5.18. The highest BCUT2D eigenvalue weighted by molar-refractivity contribution is 5.96. The molecule has 0 aliphatic carbocycles. The van der Waals surface area contributed by atoms with Gasteiger partial charge < -0.3 is 4.98 Å². The molecule has 0 radical (unpaired) electrons. The van der Waals surface area contributed by atoms with Crippen LogP contribution in [0.4, 0.5) is 0 Å². The zero-order chi connectivity index (χ0) is 14.1. The van der Waals surface area contributed by atoms with E-state index in [1.54, 1.807) is 0 Å². The van der Waals surface area contributed by atoms with Gasteiger partial charge in [-0.05, 0) is 28.5 Å². The second kappa shape index (κ2) is 4.95. The van der Waals surface area contributed by atoms with Crippen LogP contribution in [-0.2, 0) is 0 Å². The van der Waals surface area contributed by atoms with E-state index in [1.807, 2.05) is 6.07 Å². The van der Waals surface area contributed by atoms with Gasteiger partial charge in [0.05, 0.1) is 0 Å². The minimum absolute atomic E-state index is 1.15. The monoisotopic (exact) mass is 269 g/mol. The number of H-pyrrole nitrogens is 1. The van der Waals surface area contributed by atoms with Crippen molar-refractivity contribution in [2.75, 3.05) is 0 Å². The predicted molar refractivity (Wildman–Crippen MR) is 89.2 cm³/mol. The van der Waals surface area contributed by atoms with E-state index in [1.165, 1.54) is 21.9 Å². The van der Waals surface area contributed by atoms with Gasteiger partial charge in [-0.25, -0.2) is 0 Å². The standard InChI is InChI=1S/C20H15N/c1-2-8-16(9-3-1)19-13-14-20(21-19)18-12-6-10-15-7-4-5-11-17(15)18/h1-14,21H. The van der Waals surface area contributed by atoms with Gasteiger partial charge in [0.2, 0.25) is 0 Å². The predicted octanol–water partition coefficient (Wildman–Crippen LogP) is 5.50. The van der Waals surface area contributed by atoms with E-state index in [0.717, 1.165) is 11.4 Å². The van der Waals surface area contributed by atoms with Crippen molar-refractivity contribution in [3.8, 4) is 22.5 Å². The van der Waals surface area contributed by atoms with Gasteiger partial charge in [0, 0.05) is 17.0 Å². The summed E-state index contributed by atoms with van der Waals surface area (Å²) < 4.78 is 0. The van der Waals surface area contributed by atoms with Gasteiger partial charge >= 0.3 is 0 Å². The quantitative estimate of drug-likeness (QED) is 0.494. The highest BCUT2D eigenvalue weighted by Crippen LogP contribution is 2.30. The Balaban J connectivity index is 1.85. The first-order valence-electron chi connectivity index (χ1n) is 7.14. The van der Waals surface area contributed by atoms with Crippen molar-refractivity contribution in [2.45, 2.75) is 0 Å². The Labute approximate surface area is 123 Å². The summed E-state index contributed by atoms with van der Waals surface area (Å²) >= 11 is 0. The molecule has 0 aliphatic rings. The molecule has 1 nitrogen and oxygen atoms in total. The van der Waals surface area contributed by atoms with Crippen molar-refractivity contribution in [2.24, 2.45) is 0 Å². The second-order valence-electron chi connectivity index (χ2n) is 5.18. The molecule has 0 bridgehead atoms. The fraction of sp³-hybridized carbons (Fsp3) is 0. The number of fused-ring (bicyclic) bond motifs is 1. The summed E-state index contributed by atoms with van der Waals surface area (Å²) in [6.07, 6.45) is 0. The molecule has 1 heteroatoms. The molecule has 0 saturated carbocycles. The van der Waals surface area contributed by atoms with Crippen molar-refractivity contribution >= 4 is 10.8 Å². The highest BCUT2D eigenvalue weighted by Gasteiger charge is 2.06. The molecule has 0 spiro atoms. The number of hydrogen-bond donors (Lipinski definition) is 1. The fourth-order valence-electron chi connectivity index (χ4n) is 2.80. The van der Waals surface area contributed by atoms with Gasteiger partial charge in [-0.2, -0.15) is 0 Å². The lowest BCUT2D eigenvalue weighted by atomic mass is 10.0. The first-order valence-corrected chi connectivity index (χ1v) is 7.14. The van der Waals surface area contributed by atoms with Crippen LogP contribution in [0.15, 0.2) is 84.9 Å². The van der Waals surface area contributed by atoms with Gasteiger partial charge in [-0.1, -0.05) is 72.8 Å². The van der Waals surface area contributed by atoms with E-state index in [4.69, 9.17) is 0 Å². The van der Waals surface area contributed by atoms with Crippen LogP contribution in [0.2, 0.25) is 0 Å². The molecular formula is C20H15N. The minimum atomic E-state index is 1.15. The summed E-state index contributed by atoms with van der Waals surface area (Å²) in [5.41, 5.74) is 4.77. The summed E-state index contributed by atoms with van der Waals surface area (Å²) in [5, 5.41) is 2.55. The number of nitrogens with one attached hydrogen (secondary N) is 1. The van der Waals surface area contributed by atoms with E-state index in [9.17, 15) is 0 Å². The average Bonchev–Trinajstić information content (AvgIpc) is 3.05. The zero-order valence-electron chi connectivity index (χ0n) is 11.6. The molecule has 0 amide bonds.